The molecule has 4 heteroatoms. The number of benzene rings is 2. The summed E-state index contributed by atoms with van der Waals surface area (Å²) in [6.45, 7) is 1.97. The second kappa shape index (κ2) is 5.82. The molecule has 0 saturated carbocycles. The molecular formula is C15H14N2O2. The third-order valence-electron chi connectivity index (χ3n) is 2.67. The van der Waals surface area contributed by atoms with E-state index in [1.165, 1.54) is 12.1 Å². The molecule has 0 radical (unpaired) electrons. The monoisotopic (exact) mass is 254 g/mol. The van der Waals surface area contributed by atoms with Crippen LogP contribution in [0.5, 0.6) is 5.75 Å². The van der Waals surface area contributed by atoms with Crippen LogP contribution in [-0.4, -0.2) is 17.2 Å². The van der Waals surface area contributed by atoms with Gasteiger partial charge in [-0.1, -0.05) is 30.3 Å². The molecule has 2 N–H and O–H groups in total. The van der Waals surface area contributed by atoms with Crippen molar-refractivity contribution in [1.82, 2.24) is 5.43 Å². The molecule has 2 aromatic rings. The molecule has 4 nitrogen and oxygen atoms in total. The zero-order valence-corrected chi connectivity index (χ0v) is 10.5. The van der Waals surface area contributed by atoms with Gasteiger partial charge in [-0.05, 0) is 36.2 Å². The normalized spacial score (nSPS) is 10.6. The van der Waals surface area contributed by atoms with Crippen LogP contribution in [0.15, 0.2) is 53.6 Å². The Morgan fingerprint density at radius 2 is 2.00 bits per heavy atom. The number of amides is 1. The summed E-state index contributed by atoms with van der Waals surface area (Å²) in [4.78, 5) is 11.7. The molecule has 0 unspecified atom stereocenters. The number of aromatic hydroxyl groups is 1. The third kappa shape index (κ3) is 3.42. The minimum absolute atomic E-state index is 0.0514. The maximum Gasteiger partial charge on any atom is 0.271 e. The van der Waals surface area contributed by atoms with E-state index in [0.717, 1.165) is 11.1 Å². The molecule has 0 aliphatic heterocycles. The number of rotatable bonds is 3. The molecule has 0 atom stereocenters. The van der Waals surface area contributed by atoms with Crippen molar-refractivity contribution in [2.75, 3.05) is 0 Å². The molecule has 0 fully saturated rings. The predicted molar refractivity (Wildman–Crippen MR) is 74.3 cm³/mol. The second-order valence-electron chi connectivity index (χ2n) is 4.11. The fourth-order valence-electron chi connectivity index (χ4n) is 1.60. The lowest BCUT2D eigenvalue weighted by molar-refractivity contribution is 0.0954. The summed E-state index contributed by atoms with van der Waals surface area (Å²) in [6, 6.07) is 13.8. The Kier molecular flexibility index (Phi) is 3.93. The lowest BCUT2D eigenvalue weighted by atomic mass is 10.1. The van der Waals surface area contributed by atoms with Crippen molar-refractivity contribution >= 4 is 12.1 Å². The van der Waals surface area contributed by atoms with E-state index < -0.39 is 0 Å². The molecule has 2 rings (SSSR count). The molecule has 1 amide bonds. The van der Waals surface area contributed by atoms with Crippen molar-refractivity contribution in [3.8, 4) is 5.75 Å². The zero-order chi connectivity index (χ0) is 13.7. The topological polar surface area (TPSA) is 61.7 Å². The fraction of sp³-hybridized carbons (Fsp3) is 0.0667. The van der Waals surface area contributed by atoms with E-state index in [-0.39, 0.29) is 11.7 Å². The van der Waals surface area contributed by atoms with Gasteiger partial charge in [0.15, 0.2) is 0 Å². The highest BCUT2D eigenvalue weighted by molar-refractivity contribution is 5.95. The molecular weight excluding hydrogens is 240 g/mol. The molecule has 0 aliphatic rings. The van der Waals surface area contributed by atoms with Gasteiger partial charge in [-0.3, -0.25) is 4.79 Å². The first-order chi connectivity index (χ1) is 9.16. The van der Waals surface area contributed by atoms with Crippen LogP contribution in [0.3, 0.4) is 0 Å². The van der Waals surface area contributed by atoms with Crippen molar-refractivity contribution in [2.24, 2.45) is 5.10 Å². The van der Waals surface area contributed by atoms with E-state index in [0.29, 0.717) is 5.56 Å². The molecule has 0 aliphatic carbocycles. The number of phenols is 1. The molecule has 0 spiro atoms. The minimum atomic E-state index is -0.360. The summed E-state index contributed by atoms with van der Waals surface area (Å²) in [5, 5.41) is 13.2. The summed E-state index contributed by atoms with van der Waals surface area (Å²) in [5.41, 5.74) is 4.81. The quantitative estimate of drug-likeness (QED) is 0.653. The Labute approximate surface area is 111 Å². The average molecular weight is 254 g/mol. The van der Waals surface area contributed by atoms with E-state index in [4.69, 9.17) is 0 Å². The number of aryl methyl sites for hydroxylation is 1. The molecule has 0 bridgehead atoms. The van der Waals surface area contributed by atoms with Crippen LogP contribution in [0, 0.1) is 6.92 Å². The SMILES string of the molecule is Cc1ccccc1/C=N/NC(=O)c1cccc(O)c1. The van der Waals surface area contributed by atoms with Crippen LogP contribution in [0.4, 0.5) is 0 Å². The number of nitrogens with zero attached hydrogens (tertiary/aromatic N) is 1. The number of phenolic OH excluding ortho intramolecular Hbond substituents is 1. The van der Waals surface area contributed by atoms with Gasteiger partial charge in [-0.2, -0.15) is 5.10 Å². The van der Waals surface area contributed by atoms with Gasteiger partial charge in [0.2, 0.25) is 0 Å². The predicted octanol–water partition coefficient (Wildman–Crippen LogP) is 2.46. The number of hydrogen-bond donors (Lipinski definition) is 2. The molecule has 19 heavy (non-hydrogen) atoms. The van der Waals surface area contributed by atoms with E-state index in [1.54, 1.807) is 18.3 Å². The van der Waals surface area contributed by atoms with Crippen molar-refractivity contribution in [1.29, 1.82) is 0 Å². The second-order valence-corrected chi connectivity index (χ2v) is 4.11. The van der Waals surface area contributed by atoms with Gasteiger partial charge < -0.3 is 5.11 Å². The van der Waals surface area contributed by atoms with Crippen molar-refractivity contribution in [2.45, 2.75) is 6.92 Å². The van der Waals surface area contributed by atoms with Gasteiger partial charge in [0.05, 0.1) is 6.21 Å². The first-order valence-electron chi connectivity index (χ1n) is 5.85. The molecule has 2 aromatic carbocycles. The Morgan fingerprint density at radius 3 is 2.74 bits per heavy atom. The van der Waals surface area contributed by atoms with E-state index in [2.05, 4.69) is 10.5 Å². The Hall–Kier alpha value is -2.62. The van der Waals surface area contributed by atoms with Crippen molar-refractivity contribution < 1.29 is 9.90 Å². The lowest BCUT2D eigenvalue weighted by Crippen LogP contribution is -2.17. The third-order valence-corrected chi connectivity index (χ3v) is 2.67. The van der Waals surface area contributed by atoms with E-state index in [1.807, 2.05) is 31.2 Å². The van der Waals surface area contributed by atoms with Gasteiger partial charge in [-0.25, -0.2) is 5.43 Å². The standard InChI is InChI=1S/C15H14N2O2/c1-11-5-2-3-6-13(11)10-16-17-15(19)12-7-4-8-14(18)9-12/h2-10,18H,1H3,(H,17,19)/b16-10+. The minimum Gasteiger partial charge on any atom is -0.508 e. The van der Waals surface area contributed by atoms with Gasteiger partial charge in [0.25, 0.3) is 5.91 Å². The largest absolute Gasteiger partial charge is 0.508 e. The number of hydrazone groups is 1. The Morgan fingerprint density at radius 1 is 1.21 bits per heavy atom. The number of carbonyl (C=O) groups excluding carboxylic acids is 1. The summed E-state index contributed by atoms with van der Waals surface area (Å²) >= 11 is 0. The Balaban J connectivity index is 2.03. The van der Waals surface area contributed by atoms with Crippen LogP contribution in [0.2, 0.25) is 0 Å². The molecule has 0 saturated heterocycles. The van der Waals surface area contributed by atoms with E-state index in [9.17, 15) is 9.90 Å². The van der Waals surface area contributed by atoms with Crippen LogP contribution in [-0.2, 0) is 0 Å². The Bertz CT molecular complexity index is 621. The van der Waals surface area contributed by atoms with Crippen LogP contribution < -0.4 is 5.43 Å². The summed E-state index contributed by atoms with van der Waals surface area (Å²) in [5.74, 6) is -0.309. The summed E-state index contributed by atoms with van der Waals surface area (Å²) in [6.07, 6.45) is 1.59. The van der Waals surface area contributed by atoms with Crippen LogP contribution in [0.1, 0.15) is 21.5 Å². The highest BCUT2D eigenvalue weighted by atomic mass is 16.3. The van der Waals surface area contributed by atoms with Gasteiger partial charge >= 0.3 is 0 Å². The first kappa shape index (κ1) is 12.8. The fourth-order valence-corrected chi connectivity index (χ4v) is 1.60. The van der Waals surface area contributed by atoms with Gasteiger partial charge in [0, 0.05) is 5.56 Å². The van der Waals surface area contributed by atoms with Crippen molar-refractivity contribution in [3.05, 3.63) is 65.2 Å². The number of carbonyl (C=O) groups is 1. The van der Waals surface area contributed by atoms with Gasteiger partial charge in [0.1, 0.15) is 5.75 Å². The highest BCUT2D eigenvalue weighted by Gasteiger charge is 2.04. The zero-order valence-electron chi connectivity index (χ0n) is 10.5. The van der Waals surface area contributed by atoms with Gasteiger partial charge in [-0.15, -0.1) is 0 Å². The van der Waals surface area contributed by atoms with E-state index >= 15 is 0 Å². The van der Waals surface area contributed by atoms with Crippen molar-refractivity contribution in [3.63, 3.8) is 0 Å². The van der Waals surface area contributed by atoms with Crippen LogP contribution in [0.25, 0.3) is 0 Å². The lowest BCUT2D eigenvalue weighted by Gasteiger charge is -2.01. The smallest absolute Gasteiger partial charge is 0.271 e. The first-order valence-corrected chi connectivity index (χ1v) is 5.85. The maximum atomic E-state index is 11.7. The average Bonchev–Trinajstić information content (AvgIpc) is 2.41. The molecule has 0 aromatic heterocycles. The number of hydrogen-bond acceptors (Lipinski definition) is 3. The van der Waals surface area contributed by atoms with Crippen LogP contribution >= 0.6 is 0 Å². The summed E-state index contributed by atoms with van der Waals surface area (Å²) in [7, 11) is 0. The molecule has 0 heterocycles. The number of nitrogens with one attached hydrogen (secondary N) is 1. The molecule has 96 valence electrons. The maximum absolute atomic E-state index is 11.7. The highest BCUT2D eigenvalue weighted by Crippen LogP contribution is 2.10. The summed E-state index contributed by atoms with van der Waals surface area (Å²) < 4.78 is 0.